The van der Waals surface area contributed by atoms with E-state index in [1.807, 2.05) is 0 Å². The number of H-pyrrole nitrogens is 2. The molecule has 1 aromatic carbocycles. The summed E-state index contributed by atoms with van der Waals surface area (Å²) in [4.78, 5) is 27.4. The number of benzene rings is 1. The molecule has 0 spiro atoms. The lowest BCUT2D eigenvalue weighted by atomic mass is 10.0. The first-order valence-corrected chi connectivity index (χ1v) is 6.00. The lowest BCUT2D eigenvalue weighted by molar-refractivity contribution is 0.148. The standard InChI is InChI=1S/C13H14N2O3/c1-6-4-8(6)11(16)7-2-3-9-10(5-7)15-13(18)12(17)14-9/h2-3,5-6,8,11,16H,4H2,1H3,(H,14,17)(H,15,18). The molecule has 5 heteroatoms. The molecule has 3 atom stereocenters. The van der Waals surface area contributed by atoms with E-state index in [2.05, 4.69) is 16.9 Å². The van der Waals surface area contributed by atoms with Crippen LogP contribution in [0.2, 0.25) is 0 Å². The molecule has 0 bridgehead atoms. The number of aromatic nitrogens is 2. The van der Waals surface area contributed by atoms with Crippen LogP contribution in [0.25, 0.3) is 11.0 Å². The molecule has 0 amide bonds. The lowest BCUT2D eigenvalue weighted by Crippen LogP contribution is -2.28. The van der Waals surface area contributed by atoms with Crippen molar-refractivity contribution < 1.29 is 5.11 Å². The largest absolute Gasteiger partial charge is 0.388 e. The molecule has 18 heavy (non-hydrogen) atoms. The van der Waals surface area contributed by atoms with Crippen LogP contribution in [0.4, 0.5) is 0 Å². The van der Waals surface area contributed by atoms with Gasteiger partial charge in [-0.25, -0.2) is 0 Å². The predicted octanol–water partition coefficient (Wildman–Crippen LogP) is 0.906. The predicted molar refractivity (Wildman–Crippen MR) is 67.4 cm³/mol. The van der Waals surface area contributed by atoms with E-state index >= 15 is 0 Å². The van der Waals surface area contributed by atoms with E-state index in [0.717, 1.165) is 12.0 Å². The summed E-state index contributed by atoms with van der Waals surface area (Å²) in [5, 5.41) is 10.2. The van der Waals surface area contributed by atoms with E-state index in [0.29, 0.717) is 22.9 Å². The fraction of sp³-hybridized carbons (Fsp3) is 0.385. The van der Waals surface area contributed by atoms with Crippen LogP contribution in [0, 0.1) is 11.8 Å². The van der Waals surface area contributed by atoms with Crippen LogP contribution in [-0.2, 0) is 0 Å². The van der Waals surface area contributed by atoms with Crippen molar-refractivity contribution in [2.45, 2.75) is 19.4 Å². The van der Waals surface area contributed by atoms with Crippen LogP contribution in [0.1, 0.15) is 25.0 Å². The van der Waals surface area contributed by atoms with Crippen LogP contribution in [0.3, 0.4) is 0 Å². The summed E-state index contributed by atoms with van der Waals surface area (Å²) >= 11 is 0. The Kier molecular flexibility index (Phi) is 2.38. The zero-order valence-corrected chi connectivity index (χ0v) is 9.93. The Morgan fingerprint density at radius 2 is 1.83 bits per heavy atom. The lowest BCUT2D eigenvalue weighted by Gasteiger charge is -2.10. The first-order chi connectivity index (χ1) is 8.56. The van der Waals surface area contributed by atoms with Gasteiger partial charge in [-0.05, 0) is 36.0 Å². The van der Waals surface area contributed by atoms with Crippen LogP contribution >= 0.6 is 0 Å². The molecule has 5 nitrogen and oxygen atoms in total. The smallest absolute Gasteiger partial charge is 0.314 e. The number of nitrogens with one attached hydrogen (secondary N) is 2. The third kappa shape index (κ3) is 1.76. The Bertz CT molecular complexity index is 716. The molecule has 94 valence electrons. The van der Waals surface area contributed by atoms with E-state index in [4.69, 9.17) is 0 Å². The van der Waals surface area contributed by atoms with Gasteiger partial charge in [0.1, 0.15) is 0 Å². The summed E-state index contributed by atoms with van der Waals surface area (Å²) in [7, 11) is 0. The molecule has 0 aliphatic heterocycles. The minimum Gasteiger partial charge on any atom is -0.388 e. The first kappa shape index (κ1) is 11.2. The fourth-order valence-corrected chi connectivity index (χ4v) is 2.35. The zero-order chi connectivity index (χ0) is 12.9. The second-order valence-corrected chi connectivity index (χ2v) is 5.03. The molecule has 1 aliphatic carbocycles. The summed E-state index contributed by atoms with van der Waals surface area (Å²) in [6.07, 6.45) is 0.529. The van der Waals surface area contributed by atoms with E-state index < -0.39 is 17.2 Å². The van der Waals surface area contributed by atoms with E-state index in [1.165, 1.54) is 0 Å². The number of aliphatic hydroxyl groups is 1. The van der Waals surface area contributed by atoms with Crippen LogP contribution < -0.4 is 11.1 Å². The van der Waals surface area contributed by atoms with Gasteiger partial charge in [-0.1, -0.05) is 13.0 Å². The minimum atomic E-state index is -0.672. The summed E-state index contributed by atoms with van der Waals surface area (Å²) in [6.45, 7) is 2.11. The topological polar surface area (TPSA) is 85.9 Å². The van der Waals surface area contributed by atoms with Crippen molar-refractivity contribution >= 4 is 11.0 Å². The van der Waals surface area contributed by atoms with Gasteiger partial charge in [0.2, 0.25) is 0 Å². The van der Waals surface area contributed by atoms with Crippen LogP contribution in [0.5, 0.6) is 0 Å². The molecule has 1 aromatic heterocycles. The molecular formula is C13H14N2O3. The maximum Gasteiger partial charge on any atom is 0.314 e. The number of hydrogen-bond acceptors (Lipinski definition) is 3. The Labute approximate surface area is 102 Å². The van der Waals surface area contributed by atoms with Gasteiger partial charge >= 0.3 is 11.1 Å². The minimum absolute atomic E-state index is 0.303. The highest BCUT2D eigenvalue weighted by atomic mass is 16.3. The first-order valence-electron chi connectivity index (χ1n) is 6.00. The van der Waals surface area contributed by atoms with E-state index in [1.54, 1.807) is 18.2 Å². The molecule has 1 heterocycles. The number of aliphatic hydroxyl groups excluding tert-OH is 1. The Hall–Kier alpha value is -1.88. The van der Waals surface area contributed by atoms with Crippen molar-refractivity contribution in [2.75, 3.05) is 0 Å². The average molecular weight is 246 g/mol. The van der Waals surface area contributed by atoms with Gasteiger partial charge in [-0.3, -0.25) is 9.59 Å². The van der Waals surface area contributed by atoms with Crippen molar-refractivity contribution in [1.29, 1.82) is 0 Å². The molecule has 0 saturated heterocycles. The molecule has 3 unspecified atom stereocenters. The van der Waals surface area contributed by atoms with Gasteiger partial charge in [0, 0.05) is 0 Å². The average Bonchev–Trinajstić information content (AvgIpc) is 3.06. The maximum atomic E-state index is 11.3. The zero-order valence-electron chi connectivity index (χ0n) is 9.93. The molecular weight excluding hydrogens is 232 g/mol. The highest BCUT2D eigenvalue weighted by molar-refractivity contribution is 5.74. The molecule has 2 aromatic rings. The van der Waals surface area contributed by atoms with Crippen molar-refractivity contribution in [2.24, 2.45) is 11.8 Å². The molecule has 1 saturated carbocycles. The van der Waals surface area contributed by atoms with Crippen molar-refractivity contribution in [3.8, 4) is 0 Å². The highest BCUT2D eigenvalue weighted by Crippen LogP contribution is 2.46. The summed E-state index contributed by atoms with van der Waals surface area (Å²) in [6, 6.07) is 5.22. The van der Waals surface area contributed by atoms with Gasteiger partial charge in [-0.2, -0.15) is 0 Å². The van der Waals surface area contributed by atoms with Crippen LogP contribution in [-0.4, -0.2) is 15.1 Å². The molecule has 0 radical (unpaired) electrons. The molecule has 1 aliphatic rings. The number of rotatable bonds is 2. The Balaban J connectivity index is 2.08. The third-order valence-corrected chi connectivity index (χ3v) is 3.67. The highest BCUT2D eigenvalue weighted by Gasteiger charge is 2.39. The maximum absolute atomic E-state index is 11.3. The van der Waals surface area contributed by atoms with Crippen molar-refractivity contribution in [3.05, 3.63) is 44.5 Å². The monoisotopic (exact) mass is 246 g/mol. The molecule has 1 fully saturated rings. The normalized spacial score (nSPS) is 24.1. The fourth-order valence-electron chi connectivity index (χ4n) is 2.35. The quantitative estimate of drug-likeness (QED) is 0.688. The van der Waals surface area contributed by atoms with Crippen molar-refractivity contribution in [1.82, 2.24) is 9.97 Å². The summed E-state index contributed by atoms with van der Waals surface area (Å²) in [5.74, 6) is 0.849. The SMILES string of the molecule is CC1CC1C(O)c1ccc2[nH]c(=O)c(=O)[nH]c2c1. The molecule has 3 rings (SSSR count). The summed E-state index contributed by atoms with van der Waals surface area (Å²) in [5.41, 5.74) is 0.559. The van der Waals surface area contributed by atoms with Gasteiger partial charge in [0.05, 0.1) is 17.1 Å². The number of fused-ring (bicyclic) bond motifs is 1. The molecule has 3 N–H and O–H groups in total. The van der Waals surface area contributed by atoms with Crippen molar-refractivity contribution in [3.63, 3.8) is 0 Å². The number of aromatic amines is 2. The third-order valence-electron chi connectivity index (χ3n) is 3.67. The Morgan fingerprint density at radius 1 is 1.22 bits per heavy atom. The van der Waals surface area contributed by atoms with Crippen LogP contribution in [0.15, 0.2) is 27.8 Å². The van der Waals surface area contributed by atoms with Gasteiger partial charge in [0.15, 0.2) is 0 Å². The Morgan fingerprint density at radius 3 is 2.44 bits per heavy atom. The second kappa shape index (κ2) is 3.81. The number of hydrogen-bond donors (Lipinski definition) is 3. The van der Waals surface area contributed by atoms with Gasteiger partial charge in [0.25, 0.3) is 0 Å². The van der Waals surface area contributed by atoms with E-state index in [9.17, 15) is 14.7 Å². The second-order valence-electron chi connectivity index (χ2n) is 5.03. The van der Waals surface area contributed by atoms with Gasteiger partial charge < -0.3 is 15.1 Å². The summed E-state index contributed by atoms with van der Waals surface area (Å²) < 4.78 is 0. The van der Waals surface area contributed by atoms with E-state index in [-0.39, 0.29) is 0 Å². The van der Waals surface area contributed by atoms with Gasteiger partial charge in [-0.15, -0.1) is 0 Å².